The molecule has 15 heavy (non-hydrogen) atoms. The fourth-order valence-electron chi connectivity index (χ4n) is 1.35. The first-order valence-corrected chi connectivity index (χ1v) is 5.76. The lowest BCUT2D eigenvalue weighted by atomic mass is 10.1. The van der Waals surface area contributed by atoms with E-state index >= 15 is 0 Å². The van der Waals surface area contributed by atoms with Crippen molar-refractivity contribution in [2.45, 2.75) is 11.5 Å². The van der Waals surface area contributed by atoms with Crippen LogP contribution in [0.1, 0.15) is 5.56 Å². The van der Waals surface area contributed by atoms with E-state index in [1.165, 1.54) is 11.1 Å². The quantitative estimate of drug-likeness (QED) is 0.809. The summed E-state index contributed by atoms with van der Waals surface area (Å²) in [7, 11) is 0. The van der Waals surface area contributed by atoms with Crippen molar-refractivity contribution in [1.29, 1.82) is 0 Å². The van der Waals surface area contributed by atoms with Crippen LogP contribution in [-0.4, -0.2) is 16.5 Å². The maximum absolute atomic E-state index is 9.07. The molecule has 4 heteroatoms. The van der Waals surface area contributed by atoms with Gasteiger partial charge in [-0.1, -0.05) is 17.3 Å². The Hall–Kier alpha value is -1.26. The second-order valence-electron chi connectivity index (χ2n) is 3.07. The first kappa shape index (κ1) is 10.3. The van der Waals surface area contributed by atoms with Gasteiger partial charge in [0.1, 0.15) is 0 Å². The predicted molar refractivity (Wildman–Crippen MR) is 59.6 cm³/mol. The van der Waals surface area contributed by atoms with Gasteiger partial charge in [-0.2, -0.15) is 0 Å². The van der Waals surface area contributed by atoms with Crippen molar-refractivity contribution < 1.29 is 9.63 Å². The highest BCUT2D eigenvalue weighted by molar-refractivity contribution is 7.98. The summed E-state index contributed by atoms with van der Waals surface area (Å²) in [6.07, 6.45) is 3.57. The van der Waals surface area contributed by atoms with Crippen LogP contribution in [0, 0.1) is 0 Å². The molecule has 0 saturated carbocycles. The van der Waals surface area contributed by atoms with E-state index in [9.17, 15) is 0 Å². The van der Waals surface area contributed by atoms with Gasteiger partial charge in [0.15, 0.2) is 5.76 Å². The molecule has 0 aliphatic heterocycles. The number of aromatic nitrogens is 1. The zero-order valence-electron chi connectivity index (χ0n) is 8.30. The van der Waals surface area contributed by atoms with Crippen LogP contribution in [0.5, 0.6) is 0 Å². The minimum Gasteiger partial charge on any atom is -0.391 e. The molecule has 1 aromatic carbocycles. The minimum atomic E-state index is -0.0525. The third kappa shape index (κ3) is 2.06. The summed E-state index contributed by atoms with van der Waals surface area (Å²) in [5, 5.41) is 12.7. The van der Waals surface area contributed by atoms with E-state index in [4.69, 9.17) is 9.63 Å². The van der Waals surface area contributed by atoms with Gasteiger partial charge >= 0.3 is 0 Å². The van der Waals surface area contributed by atoms with E-state index < -0.39 is 0 Å². The minimum absolute atomic E-state index is 0.0525. The van der Waals surface area contributed by atoms with Gasteiger partial charge in [-0.05, 0) is 18.4 Å². The van der Waals surface area contributed by atoms with Gasteiger partial charge in [0.05, 0.1) is 12.8 Å². The molecule has 0 atom stereocenters. The van der Waals surface area contributed by atoms with Crippen LogP contribution in [-0.2, 0) is 6.61 Å². The maximum atomic E-state index is 9.07. The topological polar surface area (TPSA) is 46.3 Å². The number of hydrogen-bond acceptors (Lipinski definition) is 4. The number of benzene rings is 1. The van der Waals surface area contributed by atoms with Gasteiger partial charge in [0.2, 0.25) is 0 Å². The first-order valence-electron chi connectivity index (χ1n) is 4.54. The van der Waals surface area contributed by atoms with E-state index in [1.807, 2.05) is 30.5 Å². The Morgan fingerprint density at radius 1 is 1.33 bits per heavy atom. The van der Waals surface area contributed by atoms with Crippen molar-refractivity contribution in [2.75, 3.05) is 6.26 Å². The fourth-order valence-corrected chi connectivity index (χ4v) is 1.76. The van der Waals surface area contributed by atoms with Crippen LogP contribution < -0.4 is 0 Å². The number of hydrogen-bond donors (Lipinski definition) is 1. The van der Waals surface area contributed by atoms with Crippen molar-refractivity contribution in [1.82, 2.24) is 5.16 Å². The maximum Gasteiger partial charge on any atom is 0.172 e. The lowest BCUT2D eigenvalue weighted by Crippen LogP contribution is -1.83. The molecule has 1 N–H and O–H groups in total. The highest BCUT2D eigenvalue weighted by Crippen LogP contribution is 2.25. The number of thioether (sulfide) groups is 1. The summed E-state index contributed by atoms with van der Waals surface area (Å²) in [6, 6.07) is 7.96. The Bertz CT molecular complexity index is 436. The summed E-state index contributed by atoms with van der Waals surface area (Å²) in [4.78, 5) is 1.20. The van der Waals surface area contributed by atoms with E-state index in [0.29, 0.717) is 11.3 Å². The lowest BCUT2D eigenvalue weighted by Gasteiger charge is -2.00. The second-order valence-corrected chi connectivity index (χ2v) is 3.95. The van der Waals surface area contributed by atoms with Crippen LogP contribution in [0.4, 0.5) is 0 Å². The molecule has 1 aromatic heterocycles. The second kappa shape index (κ2) is 4.51. The molecular weight excluding hydrogens is 210 g/mol. The summed E-state index contributed by atoms with van der Waals surface area (Å²) < 4.78 is 5.10. The van der Waals surface area contributed by atoms with Crippen LogP contribution >= 0.6 is 11.8 Å². The molecule has 3 nitrogen and oxygen atoms in total. The lowest BCUT2D eigenvalue weighted by molar-refractivity contribution is 0.281. The molecule has 0 aliphatic carbocycles. The van der Waals surface area contributed by atoms with E-state index in [1.54, 1.807) is 11.8 Å². The van der Waals surface area contributed by atoms with Crippen molar-refractivity contribution >= 4 is 11.8 Å². The van der Waals surface area contributed by atoms with Gasteiger partial charge in [0, 0.05) is 16.0 Å². The summed E-state index contributed by atoms with van der Waals surface area (Å²) in [6.45, 7) is -0.0525. The highest BCUT2D eigenvalue weighted by Gasteiger charge is 2.09. The largest absolute Gasteiger partial charge is 0.391 e. The SMILES string of the molecule is CSc1ccc(-c2oncc2CO)cc1. The molecule has 0 saturated heterocycles. The third-order valence-electron chi connectivity index (χ3n) is 2.17. The van der Waals surface area contributed by atoms with Crippen molar-refractivity contribution in [3.05, 3.63) is 36.0 Å². The molecule has 0 spiro atoms. The Morgan fingerprint density at radius 2 is 2.07 bits per heavy atom. The molecule has 0 radical (unpaired) electrons. The van der Waals surface area contributed by atoms with E-state index in [0.717, 1.165) is 5.56 Å². The van der Waals surface area contributed by atoms with Crippen LogP contribution in [0.3, 0.4) is 0 Å². The van der Waals surface area contributed by atoms with E-state index in [-0.39, 0.29) is 6.61 Å². The van der Waals surface area contributed by atoms with Gasteiger partial charge < -0.3 is 9.63 Å². The zero-order chi connectivity index (χ0) is 10.7. The van der Waals surface area contributed by atoms with Crippen molar-refractivity contribution in [3.8, 4) is 11.3 Å². The van der Waals surface area contributed by atoms with Gasteiger partial charge in [-0.3, -0.25) is 0 Å². The smallest absolute Gasteiger partial charge is 0.172 e. The Balaban J connectivity index is 2.37. The van der Waals surface area contributed by atoms with E-state index in [2.05, 4.69) is 5.16 Å². The molecule has 1 heterocycles. The average Bonchev–Trinajstić information content (AvgIpc) is 2.77. The number of aliphatic hydroxyl groups is 1. The normalized spacial score (nSPS) is 10.5. The Labute approximate surface area is 92.1 Å². The van der Waals surface area contributed by atoms with Gasteiger partial charge in [0.25, 0.3) is 0 Å². The third-order valence-corrected chi connectivity index (χ3v) is 2.91. The first-order chi connectivity index (χ1) is 7.35. The highest BCUT2D eigenvalue weighted by atomic mass is 32.2. The van der Waals surface area contributed by atoms with Crippen LogP contribution in [0.25, 0.3) is 11.3 Å². The molecule has 78 valence electrons. The summed E-state index contributed by atoms with van der Waals surface area (Å²) in [5.74, 6) is 0.644. The zero-order valence-corrected chi connectivity index (χ0v) is 9.12. The Kier molecular flexibility index (Phi) is 3.08. The predicted octanol–water partition coefficient (Wildman–Crippen LogP) is 2.56. The summed E-state index contributed by atoms with van der Waals surface area (Å²) >= 11 is 1.69. The molecule has 2 rings (SSSR count). The van der Waals surface area contributed by atoms with Crippen LogP contribution in [0.15, 0.2) is 39.9 Å². The van der Waals surface area contributed by atoms with Crippen molar-refractivity contribution in [2.24, 2.45) is 0 Å². The molecule has 0 fully saturated rings. The number of rotatable bonds is 3. The molecular formula is C11H11NO2S. The number of aliphatic hydroxyl groups excluding tert-OH is 1. The summed E-state index contributed by atoms with van der Waals surface area (Å²) in [5.41, 5.74) is 1.65. The molecule has 0 unspecified atom stereocenters. The molecule has 0 bridgehead atoms. The number of nitrogens with zero attached hydrogens (tertiary/aromatic N) is 1. The van der Waals surface area contributed by atoms with Crippen LogP contribution in [0.2, 0.25) is 0 Å². The molecule has 0 aliphatic rings. The fraction of sp³-hybridized carbons (Fsp3) is 0.182. The standard InChI is InChI=1S/C11H11NO2S/c1-15-10-4-2-8(3-5-10)11-9(7-13)6-12-14-11/h2-6,13H,7H2,1H3. The molecule has 2 aromatic rings. The van der Waals surface area contributed by atoms with Crippen molar-refractivity contribution in [3.63, 3.8) is 0 Å². The van der Waals surface area contributed by atoms with Gasteiger partial charge in [-0.15, -0.1) is 11.8 Å². The average molecular weight is 221 g/mol. The van der Waals surface area contributed by atoms with Gasteiger partial charge in [-0.25, -0.2) is 0 Å². The Morgan fingerprint density at radius 3 is 2.67 bits per heavy atom. The monoisotopic (exact) mass is 221 g/mol. The molecule has 0 amide bonds.